The van der Waals surface area contributed by atoms with E-state index in [0.717, 1.165) is 38.2 Å². The van der Waals surface area contributed by atoms with Crippen LogP contribution in [0, 0.1) is 0 Å². The molecule has 2 rings (SSSR count). The second-order valence-corrected chi connectivity index (χ2v) is 5.25. The number of phenolic OH excluding ortho intramolecular Hbond substituents is 1. The van der Waals surface area contributed by atoms with Crippen molar-refractivity contribution in [3.05, 3.63) is 23.8 Å². The number of ether oxygens (including phenoxy) is 1. The number of para-hydroxylation sites is 1. The highest BCUT2D eigenvalue weighted by Crippen LogP contribution is 2.30. The van der Waals surface area contributed by atoms with Crippen LogP contribution in [0.1, 0.15) is 18.9 Å². The molecule has 106 valence electrons. The average molecular weight is 264 g/mol. The highest BCUT2D eigenvalue weighted by molar-refractivity contribution is 5.45. The van der Waals surface area contributed by atoms with Crippen molar-refractivity contribution in [3.8, 4) is 11.5 Å². The molecule has 1 atom stereocenters. The van der Waals surface area contributed by atoms with Crippen molar-refractivity contribution >= 4 is 0 Å². The zero-order chi connectivity index (χ0) is 13.8. The molecule has 1 heterocycles. The summed E-state index contributed by atoms with van der Waals surface area (Å²) < 4.78 is 5.16. The fraction of sp³-hybridized carbons (Fsp3) is 0.600. The Morgan fingerprint density at radius 2 is 2.16 bits per heavy atom. The normalized spacial score (nSPS) is 21.5. The second-order valence-electron chi connectivity index (χ2n) is 5.25. The van der Waals surface area contributed by atoms with Crippen molar-refractivity contribution in [1.82, 2.24) is 9.80 Å². The van der Waals surface area contributed by atoms with Gasteiger partial charge in [-0.15, -0.1) is 0 Å². The summed E-state index contributed by atoms with van der Waals surface area (Å²) >= 11 is 0. The van der Waals surface area contributed by atoms with Crippen LogP contribution in [-0.4, -0.2) is 54.7 Å². The third-order valence-electron chi connectivity index (χ3n) is 4.03. The predicted molar refractivity (Wildman–Crippen MR) is 76.6 cm³/mol. The van der Waals surface area contributed by atoms with Gasteiger partial charge in [0, 0.05) is 37.8 Å². The Hall–Kier alpha value is -1.26. The van der Waals surface area contributed by atoms with Gasteiger partial charge in [0.1, 0.15) is 0 Å². The SMILES string of the molecule is CCC1CN(Cc2cccc(OC)c2O)CCN1C. The molecule has 1 unspecified atom stereocenters. The Balaban J connectivity index is 2.05. The number of methoxy groups -OCH3 is 1. The first-order valence-electron chi connectivity index (χ1n) is 6.93. The van der Waals surface area contributed by atoms with Crippen molar-refractivity contribution < 1.29 is 9.84 Å². The second kappa shape index (κ2) is 6.26. The third-order valence-corrected chi connectivity index (χ3v) is 4.03. The molecule has 0 aromatic heterocycles. The highest BCUT2D eigenvalue weighted by atomic mass is 16.5. The topological polar surface area (TPSA) is 35.9 Å². The maximum atomic E-state index is 10.1. The van der Waals surface area contributed by atoms with E-state index in [-0.39, 0.29) is 5.75 Å². The van der Waals surface area contributed by atoms with Crippen molar-refractivity contribution in [1.29, 1.82) is 0 Å². The first kappa shape index (κ1) is 14.2. The Kier molecular flexibility index (Phi) is 4.66. The summed E-state index contributed by atoms with van der Waals surface area (Å²) in [5, 5.41) is 10.1. The molecule has 1 N–H and O–H groups in total. The van der Waals surface area contributed by atoms with Gasteiger partial charge in [0.15, 0.2) is 11.5 Å². The van der Waals surface area contributed by atoms with Crippen LogP contribution in [0.5, 0.6) is 11.5 Å². The molecule has 1 aromatic rings. The number of phenols is 1. The number of likely N-dealkylation sites (N-methyl/N-ethyl adjacent to an activating group) is 1. The fourth-order valence-electron chi connectivity index (χ4n) is 2.70. The Morgan fingerprint density at radius 1 is 1.37 bits per heavy atom. The lowest BCUT2D eigenvalue weighted by Crippen LogP contribution is -2.50. The zero-order valence-corrected chi connectivity index (χ0v) is 12.1. The largest absolute Gasteiger partial charge is 0.504 e. The quantitative estimate of drug-likeness (QED) is 0.901. The van der Waals surface area contributed by atoms with Gasteiger partial charge in [0.05, 0.1) is 7.11 Å². The van der Waals surface area contributed by atoms with Crippen molar-refractivity contribution in [2.45, 2.75) is 25.9 Å². The van der Waals surface area contributed by atoms with Gasteiger partial charge in [-0.1, -0.05) is 19.1 Å². The number of hydrogen-bond donors (Lipinski definition) is 1. The average Bonchev–Trinajstić information content (AvgIpc) is 2.43. The highest BCUT2D eigenvalue weighted by Gasteiger charge is 2.23. The van der Waals surface area contributed by atoms with E-state index in [1.165, 1.54) is 0 Å². The molecule has 1 aliphatic rings. The van der Waals surface area contributed by atoms with Gasteiger partial charge in [-0.3, -0.25) is 4.90 Å². The summed E-state index contributed by atoms with van der Waals surface area (Å²) in [5.41, 5.74) is 0.943. The first-order valence-corrected chi connectivity index (χ1v) is 6.93. The van der Waals surface area contributed by atoms with Crippen molar-refractivity contribution in [2.24, 2.45) is 0 Å². The first-order chi connectivity index (χ1) is 9.15. The zero-order valence-electron chi connectivity index (χ0n) is 12.1. The number of nitrogens with zero attached hydrogens (tertiary/aromatic N) is 2. The molecule has 4 nitrogen and oxygen atoms in total. The lowest BCUT2D eigenvalue weighted by Gasteiger charge is -2.39. The molecule has 1 aliphatic heterocycles. The third kappa shape index (κ3) is 3.19. The summed E-state index contributed by atoms with van der Waals surface area (Å²) in [5.74, 6) is 0.829. The van der Waals surface area contributed by atoms with Gasteiger partial charge in [-0.25, -0.2) is 0 Å². The van der Waals surface area contributed by atoms with Gasteiger partial charge in [0.2, 0.25) is 0 Å². The van der Waals surface area contributed by atoms with Gasteiger partial charge in [-0.05, 0) is 19.5 Å². The van der Waals surface area contributed by atoms with Gasteiger partial charge in [-0.2, -0.15) is 0 Å². The van der Waals surface area contributed by atoms with Crippen LogP contribution < -0.4 is 4.74 Å². The van der Waals surface area contributed by atoms with Gasteiger partial charge < -0.3 is 14.7 Å². The van der Waals surface area contributed by atoms with Gasteiger partial charge in [0.25, 0.3) is 0 Å². The van der Waals surface area contributed by atoms with E-state index < -0.39 is 0 Å². The molecule has 0 spiro atoms. The summed E-state index contributed by atoms with van der Waals surface area (Å²) in [4.78, 5) is 4.82. The minimum absolute atomic E-state index is 0.275. The molecule has 4 heteroatoms. The predicted octanol–water partition coefficient (Wildman–Crippen LogP) is 1.93. The summed E-state index contributed by atoms with van der Waals surface area (Å²) in [6.45, 7) is 6.21. The van der Waals surface area contributed by atoms with Gasteiger partial charge >= 0.3 is 0 Å². The Bertz CT molecular complexity index is 423. The lowest BCUT2D eigenvalue weighted by molar-refractivity contribution is 0.0877. The molecular weight excluding hydrogens is 240 g/mol. The molecule has 0 saturated carbocycles. The van der Waals surface area contributed by atoms with E-state index in [4.69, 9.17) is 4.74 Å². The van der Waals surface area contributed by atoms with Crippen LogP contribution in [0.3, 0.4) is 0 Å². The number of aromatic hydroxyl groups is 1. The van der Waals surface area contributed by atoms with E-state index in [0.29, 0.717) is 11.8 Å². The molecule has 0 bridgehead atoms. The molecule has 19 heavy (non-hydrogen) atoms. The van der Waals surface area contributed by atoms with Crippen LogP contribution in [-0.2, 0) is 6.54 Å². The number of hydrogen-bond acceptors (Lipinski definition) is 4. The van der Waals surface area contributed by atoms with E-state index in [1.807, 2.05) is 12.1 Å². The standard InChI is InChI=1S/C15H24N2O2/c1-4-13-11-17(9-8-16(13)2)10-12-6-5-7-14(19-3)15(12)18/h5-7,13,18H,4,8-11H2,1-3H3. The molecule has 1 aromatic carbocycles. The summed E-state index contributed by atoms with van der Waals surface area (Å²) in [7, 11) is 3.77. The number of benzene rings is 1. The molecule has 0 amide bonds. The van der Waals surface area contributed by atoms with Crippen molar-refractivity contribution in [2.75, 3.05) is 33.8 Å². The maximum absolute atomic E-state index is 10.1. The molecule has 1 saturated heterocycles. The van der Waals surface area contributed by atoms with Crippen LogP contribution in [0.4, 0.5) is 0 Å². The monoisotopic (exact) mass is 264 g/mol. The minimum atomic E-state index is 0.275. The molecular formula is C15H24N2O2. The smallest absolute Gasteiger partial charge is 0.162 e. The van der Waals surface area contributed by atoms with Crippen LogP contribution >= 0.6 is 0 Å². The van der Waals surface area contributed by atoms with Crippen LogP contribution in [0.2, 0.25) is 0 Å². The van der Waals surface area contributed by atoms with E-state index in [1.54, 1.807) is 13.2 Å². The van der Waals surface area contributed by atoms with E-state index in [2.05, 4.69) is 23.8 Å². The Labute approximate surface area is 115 Å². The molecule has 1 fully saturated rings. The van der Waals surface area contributed by atoms with Crippen LogP contribution in [0.15, 0.2) is 18.2 Å². The maximum Gasteiger partial charge on any atom is 0.162 e. The minimum Gasteiger partial charge on any atom is -0.504 e. The fourth-order valence-corrected chi connectivity index (χ4v) is 2.70. The summed E-state index contributed by atoms with van der Waals surface area (Å²) in [6.07, 6.45) is 1.16. The molecule has 0 radical (unpaired) electrons. The number of piperazine rings is 1. The lowest BCUT2D eigenvalue weighted by atomic mass is 10.1. The Morgan fingerprint density at radius 3 is 2.84 bits per heavy atom. The van der Waals surface area contributed by atoms with Crippen molar-refractivity contribution in [3.63, 3.8) is 0 Å². The van der Waals surface area contributed by atoms with E-state index in [9.17, 15) is 5.11 Å². The van der Waals surface area contributed by atoms with Crippen LogP contribution in [0.25, 0.3) is 0 Å². The number of rotatable bonds is 4. The van der Waals surface area contributed by atoms with E-state index >= 15 is 0 Å². The molecule has 0 aliphatic carbocycles. The summed E-state index contributed by atoms with van der Waals surface area (Å²) in [6, 6.07) is 6.30.